The second-order valence-corrected chi connectivity index (χ2v) is 6.27. The van der Waals surface area contributed by atoms with Gasteiger partial charge in [-0.05, 0) is 30.3 Å². The molecule has 0 aliphatic rings. The average Bonchev–Trinajstić information content (AvgIpc) is 3.29. The van der Waals surface area contributed by atoms with Crippen LogP contribution in [0.15, 0.2) is 81.2 Å². The zero-order chi connectivity index (χ0) is 21.1. The molecule has 0 spiro atoms. The molecule has 1 atom stereocenters. The Morgan fingerprint density at radius 1 is 1.20 bits per heavy atom. The van der Waals surface area contributed by atoms with Crippen LogP contribution in [-0.4, -0.2) is 25.7 Å². The molecule has 0 aliphatic carbocycles. The molecule has 150 valence electrons. The molecule has 10 nitrogen and oxygen atoms in total. The van der Waals surface area contributed by atoms with E-state index in [9.17, 15) is 20.0 Å². The van der Waals surface area contributed by atoms with Gasteiger partial charge in [0.1, 0.15) is 11.5 Å². The molecule has 2 aromatic heterocycles. The Morgan fingerprint density at radius 2 is 2.00 bits per heavy atom. The molecule has 0 saturated heterocycles. The Kier molecular flexibility index (Phi) is 5.06. The summed E-state index contributed by atoms with van der Waals surface area (Å²) >= 11 is 0. The molecule has 0 aliphatic heterocycles. The molecule has 0 amide bonds. The first kappa shape index (κ1) is 19.0. The van der Waals surface area contributed by atoms with Crippen LogP contribution < -0.4 is 11.0 Å². The third kappa shape index (κ3) is 3.80. The Balaban J connectivity index is 1.84. The molecule has 4 aromatic rings. The number of fused-ring (bicyclic) bond motifs is 1. The largest absolute Gasteiger partial charge is 0.466 e. The minimum atomic E-state index is -1.40. The van der Waals surface area contributed by atoms with Crippen molar-refractivity contribution in [1.29, 1.82) is 0 Å². The van der Waals surface area contributed by atoms with Crippen molar-refractivity contribution in [2.45, 2.75) is 6.10 Å². The molecule has 2 aromatic carbocycles. The molecule has 0 fully saturated rings. The van der Waals surface area contributed by atoms with Gasteiger partial charge < -0.3 is 14.5 Å². The first-order chi connectivity index (χ1) is 14.5. The summed E-state index contributed by atoms with van der Waals surface area (Å²) in [6.45, 7) is 0. The van der Waals surface area contributed by atoms with Crippen molar-refractivity contribution < 1.29 is 14.4 Å². The highest BCUT2D eigenvalue weighted by Gasteiger charge is 2.25. The zero-order valence-corrected chi connectivity index (χ0v) is 15.4. The van der Waals surface area contributed by atoms with E-state index >= 15 is 0 Å². The lowest BCUT2D eigenvalue weighted by molar-refractivity contribution is -0.384. The molecule has 0 bridgehead atoms. The van der Waals surface area contributed by atoms with Gasteiger partial charge in [-0.3, -0.25) is 20.3 Å². The monoisotopic (exact) mass is 405 g/mol. The average molecular weight is 405 g/mol. The minimum Gasteiger partial charge on any atom is -0.466 e. The van der Waals surface area contributed by atoms with Gasteiger partial charge in [0, 0.05) is 12.1 Å². The van der Waals surface area contributed by atoms with Crippen LogP contribution in [-0.2, 0) is 0 Å². The molecule has 10 heteroatoms. The van der Waals surface area contributed by atoms with Crippen LogP contribution in [0, 0.1) is 10.1 Å². The molecule has 30 heavy (non-hydrogen) atoms. The predicted molar refractivity (Wildman–Crippen MR) is 109 cm³/mol. The Morgan fingerprint density at radius 3 is 2.70 bits per heavy atom. The van der Waals surface area contributed by atoms with E-state index in [1.54, 1.807) is 30.3 Å². The number of para-hydroxylation sites is 1. The number of nitrogens with zero attached hydrogens (tertiary/aromatic N) is 3. The third-order valence-corrected chi connectivity index (χ3v) is 4.28. The van der Waals surface area contributed by atoms with Gasteiger partial charge in [0.2, 0.25) is 0 Å². The van der Waals surface area contributed by atoms with Crippen LogP contribution in [0.2, 0.25) is 0 Å². The number of benzene rings is 2. The zero-order valence-electron chi connectivity index (χ0n) is 15.4. The summed E-state index contributed by atoms with van der Waals surface area (Å²) in [7, 11) is 0. The van der Waals surface area contributed by atoms with Crippen molar-refractivity contribution in [3.63, 3.8) is 0 Å². The van der Waals surface area contributed by atoms with Gasteiger partial charge >= 0.3 is 0 Å². The third-order valence-electron chi connectivity index (χ3n) is 4.28. The second kappa shape index (κ2) is 7.97. The number of nitro benzene ring substituents is 1. The van der Waals surface area contributed by atoms with Crippen LogP contribution in [0.4, 0.5) is 11.4 Å². The maximum absolute atomic E-state index is 12.7. The number of furan rings is 1. The number of aliphatic hydroxyl groups excluding tert-OH is 1. The van der Waals surface area contributed by atoms with Crippen LogP contribution >= 0.6 is 0 Å². The van der Waals surface area contributed by atoms with E-state index in [2.05, 4.69) is 20.5 Å². The van der Waals surface area contributed by atoms with Crippen molar-refractivity contribution in [3.8, 4) is 0 Å². The van der Waals surface area contributed by atoms with E-state index in [1.807, 2.05) is 6.07 Å². The van der Waals surface area contributed by atoms with E-state index in [1.165, 1.54) is 30.5 Å². The quantitative estimate of drug-likeness (QED) is 0.254. The first-order valence-corrected chi connectivity index (χ1v) is 8.82. The van der Waals surface area contributed by atoms with Gasteiger partial charge in [-0.25, -0.2) is 4.98 Å². The normalized spacial score (nSPS) is 12.6. The van der Waals surface area contributed by atoms with Gasteiger partial charge in [0.25, 0.3) is 11.2 Å². The molecule has 0 unspecified atom stereocenters. The topological polar surface area (TPSA) is 147 Å². The number of aromatic amines is 1. The Hall–Kier alpha value is -4.31. The summed E-state index contributed by atoms with van der Waals surface area (Å²) in [6.07, 6.45) is -0.0247. The fourth-order valence-electron chi connectivity index (χ4n) is 2.82. The summed E-state index contributed by atoms with van der Waals surface area (Å²) in [6, 6.07) is 15.9. The minimum absolute atomic E-state index is 0.108. The number of hydrogen-bond donors (Lipinski definition) is 3. The Labute approximate surface area is 168 Å². The number of non-ortho nitro benzene ring substituents is 1. The van der Waals surface area contributed by atoms with E-state index < -0.39 is 16.6 Å². The molecular weight excluding hydrogens is 390 g/mol. The van der Waals surface area contributed by atoms with E-state index in [4.69, 9.17) is 4.42 Å². The number of hydrogen-bond acceptors (Lipinski definition) is 8. The number of rotatable bonds is 6. The lowest BCUT2D eigenvalue weighted by atomic mass is 10.1. The lowest BCUT2D eigenvalue weighted by Crippen LogP contribution is -2.26. The Bertz CT molecular complexity index is 1280. The summed E-state index contributed by atoms with van der Waals surface area (Å²) in [5.74, 6) is 0.156. The van der Waals surface area contributed by atoms with Gasteiger partial charge in [-0.1, -0.05) is 18.2 Å². The SMILES string of the molecule is O=c1[nH]c2ccc([N+](=O)[O-])cc2nc1/C(=N/Nc1ccccc1)[C@H](O)c1ccco1. The highest BCUT2D eigenvalue weighted by Crippen LogP contribution is 2.21. The fourth-order valence-corrected chi connectivity index (χ4v) is 2.82. The van der Waals surface area contributed by atoms with Crippen LogP contribution in [0.5, 0.6) is 0 Å². The number of nitrogens with one attached hydrogen (secondary N) is 2. The van der Waals surface area contributed by atoms with Crippen molar-refractivity contribution in [2.24, 2.45) is 5.10 Å². The highest BCUT2D eigenvalue weighted by molar-refractivity contribution is 6.03. The summed E-state index contributed by atoms with van der Waals surface area (Å²) < 4.78 is 5.24. The van der Waals surface area contributed by atoms with Gasteiger partial charge in [-0.2, -0.15) is 5.10 Å². The molecule has 0 saturated carbocycles. The standard InChI is InChI=1S/C20H15N5O5/c26-19(16-7-4-10-30-16)17(24-23-12-5-2-1-3-6-12)18-20(27)22-14-9-8-13(25(28)29)11-15(14)21-18/h1-11,19,23,26H,(H,22,27)/b24-17-/t19-/m1/s1. The van der Waals surface area contributed by atoms with Crippen molar-refractivity contribution in [1.82, 2.24) is 9.97 Å². The molecule has 3 N–H and O–H groups in total. The lowest BCUT2D eigenvalue weighted by Gasteiger charge is -2.12. The molecule has 4 rings (SSSR count). The van der Waals surface area contributed by atoms with Gasteiger partial charge in [-0.15, -0.1) is 0 Å². The number of aliphatic hydroxyl groups is 1. The number of H-pyrrole nitrogens is 1. The molecular formula is C20H15N5O5. The summed E-state index contributed by atoms with van der Waals surface area (Å²) in [5, 5.41) is 26.0. The van der Waals surface area contributed by atoms with Crippen molar-refractivity contribution in [2.75, 3.05) is 5.43 Å². The highest BCUT2D eigenvalue weighted by atomic mass is 16.6. The smallest absolute Gasteiger partial charge is 0.276 e. The van der Waals surface area contributed by atoms with Crippen molar-refractivity contribution in [3.05, 3.63) is 98.8 Å². The molecule has 0 radical (unpaired) electrons. The van der Waals surface area contributed by atoms with Crippen LogP contribution in [0.1, 0.15) is 17.6 Å². The summed E-state index contributed by atoms with van der Waals surface area (Å²) in [5.41, 5.74) is 2.79. The summed E-state index contributed by atoms with van der Waals surface area (Å²) in [4.78, 5) is 30.0. The predicted octanol–water partition coefficient (Wildman–Crippen LogP) is 2.97. The number of hydrazone groups is 1. The van der Waals surface area contributed by atoms with Crippen LogP contribution in [0.25, 0.3) is 11.0 Å². The van der Waals surface area contributed by atoms with Crippen LogP contribution in [0.3, 0.4) is 0 Å². The maximum Gasteiger partial charge on any atom is 0.276 e. The van der Waals surface area contributed by atoms with E-state index in [0.717, 1.165) is 0 Å². The van der Waals surface area contributed by atoms with E-state index in [0.29, 0.717) is 11.2 Å². The number of anilines is 1. The number of nitro groups is 1. The second-order valence-electron chi connectivity index (χ2n) is 6.27. The fraction of sp³-hybridized carbons (Fsp3) is 0.0500. The van der Waals surface area contributed by atoms with Gasteiger partial charge in [0.05, 0.1) is 27.9 Å². The maximum atomic E-state index is 12.7. The van der Waals surface area contributed by atoms with E-state index in [-0.39, 0.29) is 28.4 Å². The first-order valence-electron chi connectivity index (χ1n) is 8.82. The van der Waals surface area contributed by atoms with Gasteiger partial charge in [0.15, 0.2) is 11.8 Å². The van der Waals surface area contributed by atoms with Crippen molar-refractivity contribution >= 4 is 28.1 Å². The number of aromatic nitrogens is 2. The molecule has 2 heterocycles.